The van der Waals surface area contributed by atoms with Crippen molar-refractivity contribution < 1.29 is 4.79 Å². The largest absolute Gasteiger partial charge is 0.373 e. The Morgan fingerprint density at radius 2 is 2.06 bits per heavy atom. The van der Waals surface area contributed by atoms with E-state index < -0.39 is 0 Å². The van der Waals surface area contributed by atoms with Gasteiger partial charge in [-0.15, -0.1) is 0 Å². The maximum atomic E-state index is 12.3. The van der Waals surface area contributed by atoms with Crippen LogP contribution in [0.4, 0.5) is 5.82 Å². The minimum atomic E-state index is 0.0806. The number of anilines is 1. The number of carbonyl (C=O) groups is 1. The number of amides is 1. The van der Waals surface area contributed by atoms with Gasteiger partial charge in [0.05, 0.1) is 5.56 Å². The van der Waals surface area contributed by atoms with Gasteiger partial charge in [-0.1, -0.05) is 19.3 Å². The van der Waals surface area contributed by atoms with Gasteiger partial charge in [0, 0.05) is 26.3 Å². The lowest BCUT2D eigenvalue weighted by atomic mass is 9.94. The average molecular weight is 247 g/mol. The van der Waals surface area contributed by atoms with Gasteiger partial charge in [-0.3, -0.25) is 4.79 Å². The Hall–Kier alpha value is -1.58. The molecule has 0 unspecified atom stereocenters. The summed E-state index contributed by atoms with van der Waals surface area (Å²) >= 11 is 0. The summed E-state index contributed by atoms with van der Waals surface area (Å²) in [6.45, 7) is 0. The second-order valence-electron chi connectivity index (χ2n) is 4.89. The van der Waals surface area contributed by atoms with Crippen molar-refractivity contribution in [2.75, 3.05) is 19.4 Å². The number of rotatable bonds is 3. The molecule has 0 aromatic carbocycles. The van der Waals surface area contributed by atoms with Crippen molar-refractivity contribution in [1.29, 1.82) is 0 Å². The highest BCUT2D eigenvalue weighted by atomic mass is 16.2. The van der Waals surface area contributed by atoms with E-state index in [1.165, 1.54) is 19.3 Å². The predicted octanol–water partition coefficient (Wildman–Crippen LogP) is 2.53. The molecule has 1 fully saturated rings. The first-order valence-electron chi connectivity index (χ1n) is 6.63. The average Bonchev–Trinajstić information content (AvgIpc) is 2.47. The summed E-state index contributed by atoms with van der Waals surface area (Å²) in [7, 11) is 3.72. The van der Waals surface area contributed by atoms with Crippen LogP contribution in [0.1, 0.15) is 42.5 Å². The lowest BCUT2D eigenvalue weighted by Gasteiger charge is -2.31. The zero-order valence-electron chi connectivity index (χ0n) is 11.1. The zero-order valence-corrected chi connectivity index (χ0v) is 11.1. The molecule has 1 aromatic heterocycles. The Kier molecular flexibility index (Phi) is 4.18. The first kappa shape index (κ1) is 12.9. The second-order valence-corrected chi connectivity index (χ2v) is 4.89. The Labute approximate surface area is 108 Å². The van der Waals surface area contributed by atoms with E-state index in [0.29, 0.717) is 11.6 Å². The Morgan fingerprint density at radius 3 is 2.61 bits per heavy atom. The fourth-order valence-electron chi connectivity index (χ4n) is 2.51. The van der Waals surface area contributed by atoms with Gasteiger partial charge in [0.1, 0.15) is 5.82 Å². The maximum Gasteiger partial charge on any atom is 0.255 e. The zero-order chi connectivity index (χ0) is 13.0. The van der Waals surface area contributed by atoms with Crippen molar-refractivity contribution in [1.82, 2.24) is 9.88 Å². The summed E-state index contributed by atoms with van der Waals surface area (Å²) in [6.07, 6.45) is 7.68. The third kappa shape index (κ3) is 2.81. The monoisotopic (exact) mass is 247 g/mol. The summed E-state index contributed by atoms with van der Waals surface area (Å²) in [5.74, 6) is 0.865. The number of aromatic nitrogens is 1. The number of hydrogen-bond acceptors (Lipinski definition) is 3. The fourth-order valence-corrected chi connectivity index (χ4v) is 2.51. The van der Waals surface area contributed by atoms with Crippen LogP contribution < -0.4 is 5.32 Å². The Morgan fingerprint density at radius 1 is 1.33 bits per heavy atom. The van der Waals surface area contributed by atoms with E-state index >= 15 is 0 Å². The van der Waals surface area contributed by atoms with Crippen molar-refractivity contribution in [2.24, 2.45) is 0 Å². The van der Waals surface area contributed by atoms with Crippen LogP contribution in [0.5, 0.6) is 0 Å². The van der Waals surface area contributed by atoms with Gasteiger partial charge in [-0.25, -0.2) is 4.98 Å². The van der Waals surface area contributed by atoms with Crippen LogP contribution >= 0.6 is 0 Å². The first-order valence-corrected chi connectivity index (χ1v) is 6.63. The number of nitrogens with zero attached hydrogens (tertiary/aromatic N) is 2. The molecule has 4 nitrogen and oxygen atoms in total. The van der Waals surface area contributed by atoms with Crippen LogP contribution in [-0.4, -0.2) is 35.9 Å². The normalized spacial score (nSPS) is 16.3. The van der Waals surface area contributed by atoms with Crippen molar-refractivity contribution in [2.45, 2.75) is 38.1 Å². The summed E-state index contributed by atoms with van der Waals surface area (Å²) in [4.78, 5) is 18.4. The molecule has 1 heterocycles. The van der Waals surface area contributed by atoms with E-state index in [4.69, 9.17) is 0 Å². The fraction of sp³-hybridized carbons (Fsp3) is 0.571. The molecule has 1 saturated carbocycles. The highest BCUT2D eigenvalue weighted by molar-refractivity contribution is 5.94. The van der Waals surface area contributed by atoms with Gasteiger partial charge in [-0.05, 0) is 25.0 Å². The molecule has 0 aliphatic heterocycles. The number of hydrogen-bond donors (Lipinski definition) is 1. The van der Waals surface area contributed by atoms with Crippen LogP contribution in [0.2, 0.25) is 0 Å². The van der Waals surface area contributed by atoms with Gasteiger partial charge in [-0.2, -0.15) is 0 Å². The van der Waals surface area contributed by atoms with Crippen LogP contribution in [-0.2, 0) is 0 Å². The molecular formula is C14H21N3O. The van der Waals surface area contributed by atoms with E-state index in [1.54, 1.807) is 6.20 Å². The van der Waals surface area contributed by atoms with Crippen LogP contribution in [0.25, 0.3) is 0 Å². The van der Waals surface area contributed by atoms with E-state index in [9.17, 15) is 4.79 Å². The van der Waals surface area contributed by atoms with Gasteiger partial charge >= 0.3 is 0 Å². The quantitative estimate of drug-likeness (QED) is 0.892. The molecule has 1 aromatic rings. The molecule has 0 saturated heterocycles. The minimum Gasteiger partial charge on any atom is -0.373 e. The van der Waals surface area contributed by atoms with Crippen molar-refractivity contribution in [3.8, 4) is 0 Å². The summed E-state index contributed by atoms with van der Waals surface area (Å²) in [5, 5.41) is 2.95. The van der Waals surface area contributed by atoms with E-state index in [2.05, 4.69) is 10.3 Å². The molecule has 0 bridgehead atoms. The topological polar surface area (TPSA) is 45.2 Å². The third-order valence-electron chi connectivity index (χ3n) is 3.71. The summed E-state index contributed by atoms with van der Waals surface area (Å²) in [6, 6.07) is 4.07. The SMILES string of the molecule is CNc1ccc(C(=O)N(C)C2CCCCC2)cn1. The van der Waals surface area contributed by atoms with Crippen LogP contribution in [0, 0.1) is 0 Å². The minimum absolute atomic E-state index is 0.0806. The molecule has 98 valence electrons. The molecule has 0 radical (unpaired) electrons. The van der Waals surface area contributed by atoms with Crippen molar-refractivity contribution in [3.05, 3.63) is 23.9 Å². The molecule has 1 aliphatic carbocycles. The maximum absolute atomic E-state index is 12.3. The van der Waals surface area contributed by atoms with Gasteiger partial charge in [0.25, 0.3) is 5.91 Å². The third-order valence-corrected chi connectivity index (χ3v) is 3.71. The molecule has 1 aliphatic rings. The molecular weight excluding hydrogens is 226 g/mol. The highest BCUT2D eigenvalue weighted by Gasteiger charge is 2.22. The van der Waals surface area contributed by atoms with Gasteiger partial charge in [0.2, 0.25) is 0 Å². The smallest absolute Gasteiger partial charge is 0.255 e. The molecule has 1 amide bonds. The lowest BCUT2D eigenvalue weighted by Crippen LogP contribution is -2.38. The van der Waals surface area contributed by atoms with E-state index in [0.717, 1.165) is 18.7 Å². The standard InChI is InChI=1S/C14H21N3O/c1-15-13-9-8-11(10-16-13)14(18)17(2)12-6-4-3-5-7-12/h8-10,12H,3-7H2,1-2H3,(H,15,16). The molecule has 4 heteroatoms. The first-order chi connectivity index (χ1) is 8.72. The van der Waals surface area contributed by atoms with E-state index in [-0.39, 0.29) is 5.91 Å². The number of carbonyl (C=O) groups excluding carboxylic acids is 1. The summed E-state index contributed by atoms with van der Waals surface area (Å²) < 4.78 is 0. The molecule has 0 spiro atoms. The van der Waals surface area contributed by atoms with E-state index in [1.807, 2.05) is 31.1 Å². The highest BCUT2D eigenvalue weighted by Crippen LogP contribution is 2.22. The number of nitrogens with one attached hydrogen (secondary N) is 1. The predicted molar refractivity (Wildman–Crippen MR) is 72.8 cm³/mol. The molecule has 2 rings (SSSR count). The molecule has 1 N–H and O–H groups in total. The van der Waals surface area contributed by atoms with Crippen LogP contribution in [0.3, 0.4) is 0 Å². The molecule has 0 atom stereocenters. The second kappa shape index (κ2) is 5.85. The van der Waals surface area contributed by atoms with Crippen LogP contribution in [0.15, 0.2) is 18.3 Å². The number of pyridine rings is 1. The van der Waals surface area contributed by atoms with Crippen molar-refractivity contribution >= 4 is 11.7 Å². The van der Waals surface area contributed by atoms with Crippen molar-refractivity contribution in [3.63, 3.8) is 0 Å². The lowest BCUT2D eigenvalue weighted by molar-refractivity contribution is 0.0696. The van der Waals surface area contributed by atoms with Gasteiger partial charge < -0.3 is 10.2 Å². The summed E-state index contributed by atoms with van der Waals surface area (Å²) in [5.41, 5.74) is 0.669. The molecule has 18 heavy (non-hydrogen) atoms. The van der Waals surface area contributed by atoms with Gasteiger partial charge in [0.15, 0.2) is 0 Å². The Balaban J connectivity index is 2.04. The Bertz CT molecular complexity index is 396.